The Bertz CT molecular complexity index is 663. The first-order valence-electron chi connectivity index (χ1n) is 5.97. The molecule has 5 heteroatoms. The Morgan fingerprint density at radius 2 is 2.33 bits per heavy atom. The second kappa shape index (κ2) is 4.03. The standard InChI is InChI=1S/C13H16N4O/c1-8-7-17-9(2)12(16-13(17)15-8)11(14)6-10-4-3-5-18-10/h3-5,7,11H,6,14H2,1-2H3,(H,15,16). The van der Waals surface area contributed by atoms with Crippen molar-refractivity contribution in [2.45, 2.75) is 26.3 Å². The van der Waals surface area contributed by atoms with Crippen LogP contribution in [0.3, 0.4) is 0 Å². The Morgan fingerprint density at radius 3 is 3.00 bits per heavy atom. The van der Waals surface area contributed by atoms with Gasteiger partial charge in [-0.05, 0) is 26.0 Å². The van der Waals surface area contributed by atoms with Gasteiger partial charge in [-0.15, -0.1) is 0 Å². The van der Waals surface area contributed by atoms with E-state index in [1.807, 2.05) is 36.6 Å². The highest BCUT2D eigenvalue weighted by molar-refractivity contribution is 5.38. The van der Waals surface area contributed by atoms with Gasteiger partial charge < -0.3 is 15.1 Å². The van der Waals surface area contributed by atoms with Crippen molar-refractivity contribution < 1.29 is 4.42 Å². The summed E-state index contributed by atoms with van der Waals surface area (Å²) < 4.78 is 7.35. The number of rotatable bonds is 3. The topological polar surface area (TPSA) is 72.2 Å². The average molecular weight is 244 g/mol. The molecule has 1 unspecified atom stereocenters. The van der Waals surface area contributed by atoms with Crippen molar-refractivity contribution in [1.29, 1.82) is 0 Å². The molecule has 0 spiro atoms. The van der Waals surface area contributed by atoms with Crippen molar-refractivity contribution in [2.75, 3.05) is 0 Å². The van der Waals surface area contributed by atoms with Crippen LogP contribution >= 0.6 is 0 Å². The third-order valence-corrected chi connectivity index (χ3v) is 3.17. The summed E-state index contributed by atoms with van der Waals surface area (Å²) in [4.78, 5) is 7.76. The molecular formula is C13H16N4O. The summed E-state index contributed by atoms with van der Waals surface area (Å²) in [6, 6.07) is 3.65. The van der Waals surface area contributed by atoms with Gasteiger partial charge in [0.15, 0.2) is 0 Å². The van der Waals surface area contributed by atoms with Crippen LogP contribution in [0.25, 0.3) is 5.78 Å². The number of furan rings is 1. The highest BCUT2D eigenvalue weighted by atomic mass is 16.3. The van der Waals surface area contributed by atoms with E-state index in [9.17, 15) is 0 Å². The SMILES string of the molecule is Cc1cn2c(C)c(C(N)Cc3ccco3)nc2[nH]1. The fourth-order valence-electron chi connectivity index (χ4n) is 2.27. The van der Waals surface area contributed by atoms with E-state index < -0.39 is 0 Å². The number of nitrogens with two attached hydrogens (primary N) is 1. The van der Waals surface area contributed by atoms with Crippen LogP contribution in [0.5, 0.6) is 0 Å². The first-order chi connectivity index (χ1) is 8.65. The summed E-state index contributed by atoms with van der Waals surface area (Å²) in [5.41, 5.74) is 9.28. The van der Waals surface area contributed by atoms with Crippen molar-refractivity contribution in [3.05, 3.63) is 47.4 Å². The lowest BCUT2D eigenvalue weighted by Crippen LogP contribution is -2.14. The van der Waals surface area contributed by atoms with Gasteiger partial charge in [0.2, 0.25) is 5.78 Å². The van der Waals surface area contributed by atoms with E-state index in [1.165, 1.54) is 0 Å². The normalized spacial score (nSPS) is 13.3. The van der Waals surface area contributed by atoms with E-state index in [0.717, 1.165) is 28.6 Å². The summed E-state index contributed by atoms with van der Waals surface area (Å²) in [6.45, 7) is 4.04. The van der Waals surface area contributed by atoms with Gasteiger partial charge in [-0.25, -0.2) is 4.98 Å². The second-order valence-corrected chi connectivity index (χ2v) is 4.60. The van der Waals surface area contributed by atoms with E-state index >= 15 is 0 Å². The molecule has 0 saturated carbocycles. The summed E-state index contributed by atoms with van der Waals surface area (Å²) in [5, 5.41) is 0. The van der Waals surface area contributed by atoms with Crippen LogP contribution in [0, 0.1) is 13.8 Å². The monoisotopic (exact) mass is 244 g/mol. The number of H-pyrrole nitrogens is 1. The molecule has 94 valence electrons. The van der Waals surface area contributed by atoms with Gasteiger partial charge >= 0.3 is 0 Å². The van der Waals surface area contributed by atoms with Crippen molar-refractivity contribution in [3.63, 3.8) is 0 Å². The molecule has 3 aromatic rings. The van der Waals surface area contributed by atoms with E-state index in [-0.39, 0.29) is 6.04 Å². The molecule has 0 bridgehead atoms. The Morgan fingerprint density at radius 1 is 1.50 bits per heavy atom. The number of fused-ring (bicyclic) bond motifs is 1. The maximum atomic E-state index is 6.20. The quantitative estimate of drug-likeness (QED) is 0.741. The van der Waals surface area contributed by atoms with Crippen LogP contribution in [0.1, 0.15) is 28.9 Å². The first kappa shape index (κ1) is 11.1. The number of imidazole rings is 2. The number of aryl methyl sites for hydroxylation is 2. The third-order valence-electron chi connectivity index (χ3n) is 3.17. The first-order valence-corrected chi connectivity index (χ1v) is 5.97. The van der Waals surface area contributed by atoms with Gasteiger partial charge in [-0.2, -0.15) is 0 Å². The number of nitrogens with zero attached hydrogens (tertiary/aromatic N) is 2. The predicted octanol–water partition coefficient (Wildman–Crippen LogP) is 2.11. The zero-order valence-corrected chi connectivity index (χ0v) is 10.5. The van der Waals surface area contributed by atoms with Gasteiger partial charge in [-0.1, -0.05) is 0 Å². The van der Waals surface area contributed by atoms with Crippen LogP contribution in [0.15, 0.2) is 29.0 Å². The maximum absolute atomic E-state index is 6.20. The summed E-state index contributed by atoms with van der Waals surface area (Å²) in [7, 11) is 0. The van der Waals surface area contributed by atoms with E-state index in [4.69, 9.17) is 10.2 Å². The lowest BCUT2D eigenvalue weighted by molar-refractivity contribution is 0.486. The number of aromatic amines is 1. The predicted molar refractivity (Wildman–Crippen MR) is 68.4 cm³/mol. The van der Waals surface area contributed by atoms with Gasteiger partial charge in [0.05, 0.1) is 18.0 Å². The molecule has 0 radical (unpaired) electrons. The Balaban J connectivity index is 1.93. The van der Waals surface area contributed by atoms with Crippen molar-refractivity contribution in [1.82, 2.24) is 14.4 Å². The molecule has 5 nitrogen and oxygen atoms in total. The smallest absolute Gasteiger partial charge is 0.211 e. The Labute approximate surface area is 105 Å². The molecule has 0 aliphatic heterocycles. The fraction of sp³-hybridized carbons (Fsp3) is 0.308. The lowest BCUT2D eigenvalue weighted by atomic mass is 10.1. The van der Waals surface area contributed by atoms with Crippen LogP contribution < -0.4 is 5.73 Å². The van der Waals surface area contributed by atoms with Crippen molar-refractivity contribution in [3.8, 4) is 0 Å². The number of nitrogens with one attached hydrogen (secondary N) is 1. The minimum absolute atomic E-state index is 0.148. The highest BCUT2D eigenvalue weighted by Gasteiger charge is 2.17. The molecule has 0 saturated heterocycles. The zero-order chi connectivity index (χ0) is 12.7. The molecule has 0 aromatic carbocycles. The molecule has 0 aliphatic carbocycles. The lowest BCUT2D eigenvalue weighted by Gasteiger charge is -2.08. The fourth-order valence-corrected chi connectivity index (χ4v) is 2.27. The molecule has 0 fully saturated rings. The van der Waals surface area contributed by atoms with Gasteiger partial charge in [0.1, 0.15) is 5.76 Å². The molecule has 1 atom stereocenters. The number of hydrogen-bond acceptors (Lipinski definition) is 3. The molecule has 3 rings (SSSR count). The van der Waals surface area contributed by atoms with E-state index in [0.29, 0.717) is 6.42 Å². The molecule has 3 N–H and O–H groups in total. The zero-order valence-electron chi connectivity index (χ0n) is 10.5. The van der Waals surface area contributed by atoms with Crippen LogP contribution in [0.4, 0.5) is 0 Å². The average Bonchev–Trinajstić information content (AvgIpc) is 2.98. The van der Waals surface area contributed by atoms with Crippen LogP contribution in [0.2, 0.25) is 0 Å². The Kier molecular flexibility index (Phi) is 2.48. The van der Waals surface area contributed by atoms with Gasteiger partial charge in [0.25, 0.3) is 0 Å². The van der Waals surface area contributed by atoms with Crippen LogP contribution in [-0.2, 0) is 6.42 Å². The Hall–Kier alpha value is -2.01. The molecule has 3 aromatic heterocycles. The maximum Gasteiger partial charge on any atom is 0.211 e. The third kappa shape index (κ3) is 1.73. The summed E-state index contributed by atoms with van der Waals surface area (Å²) >= 11 is 0. The molecule has 0 amide bonds. The number of aromatic nitrogens is 3. The highest BCUT2D eigenvalue weighted by Crippen LogP contribution is 2.20. The van der Waals surface area contributed by atoms with Gasteiger partial charge in [0, 0.05) is 24.0 Å². The van der Waals surface area contributed by atoms with Gasteiger partial charge in [-0.3, -0.25) is 4.40 Å². The molecule has 3 heterocycles. The van der Waals surface area contributed by atoms with Crippen LogP contribution in [-0.4, -0.2) is 14.4 Å². The van der Waals surface area contributed by atoms with E-state index in [1.54, 1.807) is 6.26 Å². The van der Waals surface area contributed by atoms with Crippen molar-refractivity contribution in [2.24, 2.45) is 5.73 Å². The second-order valence-electron chi connectivity index (χ2n) is 4.60. The van der Waals surface area contributed by atoms with Crippen molar-refractivity contribution >= 4 is 5.78 Å². The molecule has 0 aliphatic rings. The summed E-state index contributed by atoms with van der Waals surface area (Å²) in [6.07, 6.45) is 4.35. The molecular weight excluding hydrogens is 228 g/mol. The minimum atomic E-state index is -0.148. The van der Waals surface area contributed by atoms with E-state index in [2.05, 4.69) is 9.97 Å². The summed E-state index contributed by atoms with van der Waals surface area (Å²) in [5.74, 6) is 1.73. The largest absolute Gasteiger partial charge is 0.469 e. The molecule has 18 heavy (non-hydrogen) atoms. The minimum Gasteiger partial charge on any atom is -0.469 e. The number of hydrogen-bond donors (Lipinski definition) is 2.